The van der Waals surface area contributed by atoms with Crippen molar-refractivity contribution in [1.82, 2.24) is 15.2 Å². The summed E-state index contributed by atoms with van der Waals surface area (Å²) >= 11 is 1.74. The minimum Gasteiger partial charge on any atom is -0.370 e. The zero-order valence-electron chi connectivity index (χ0n) is 18.7. The minimum absolute atomic E-state index is 0.0386. The molecule has 0 saturated carbocycles. The maximum absolute atomic E-state index is 7.25. The van der Waals surface area contributed by atoms with Crippen molar-refractivity contribution in [3.8, 4) is 0 Å². The Morgan fingerprint density at radius 3 is 2.81 bits per heavy atom. The van der Waals surface area contributed by atoms with E-state index in [1.54, 1.807) is 11.3 Å². The number of unbranched alkanes of at least 4 members (excludes halogenated alkanes) is 1. The summed E-state index contributed by atoms with van der Waals surface area (Å²) in [5, 5.41) is 11.2. The molecule has 0 bridgehead atoms. The Balaban J connectivity index is 1.52. The Morgan fingerprint density at radius 2 is 2.03 bits per heavy atom. The zero-order valence-corrected chi connectivity index (χ0v) is 19.5. The number of benzene rings is 2. The molecule has 1 aliphatic rings. The number of hydrogen-bond acceptors (Lipinski definition) is 5. The van der Waals surface area contributed by atoms with Crippen LogP contribution in [0.2, 0.25) is 0 Å². The predicted octanol–water partition coefficient (Wildman–Crippen LogP) is 4.30. The normalized spacial score (nSPS) is 16.3. The number of likely N-dealkylation sites (tertiary alicyclic amines) is 1. The molecule has 0 aliphatic carbocycles. The number of para-hydroxylation sites is 1. The summed E-state index contributed by atoms with van der Waals surface area (Å²) in [5.74, 6) is 0.0386. The van der Waals surface area contributed by atoms with Crippen LogP contribution in [0.15, 0.2) is 48.5 Å². The Morgan fingerprint density at radius 1 is 1.22 bits per heavy atom. The summed E-state index contributed by atoms with van der Waals surface area (Å²) in [6.07, 6.45) is 5.25. The molecule has 0 amide bonds. The van der Waals surface area contributed by atoms with E-state index in [4.69, 9.17) is 20.9 Å². The molecule has 7 heteroatoms. The molecule has 4 N–H and O–H groups in total. The fourth-order valence-corrected chi connectivity index (χ4v) is 5.22. The summed E-state index contributed by atoms with van der Waals surface area (Å²) in [5.41, 5.74) is 8.89. The van der Waals surface area contributed by atoms with Crippen LogP contribution < -0.4 is 11.1 Å². The molecule has 170 valence electrons. The van der Waals surface area contributed by atoms with Gasteiger partial charge in [0.15, 0.2) is 5.96 Å². The number of thiazole rings is 1. The molecular formula is C25H33N5OS. The summed E-state index contributed by atoms with van der Waals surface area (Å²) < 4.78 is 7.94. The summed E-state index contributed by atoms with van der Waals surface area (Å²) in [4.78, 5) is 7.31. The average molecular weight is 452 g/mol. The van der Waals surface area contributed by atoms with Gasteiger partial charge in [-0.2, -0.15) is 0 Å². The molecule has 4 rings (SSSR count). The van der Waals surface area contributed by atoms with E-state index < -0.39 is 0 Å². The van der Waals surface area contributed by atoms with Crippen LogP contribution in [0.1, 0.15) is 47.9 Å². The van der Waals surface area contributed by atoms with Crippen molar-refractivity contribution in [1.29, 1.82) is 5.41 Å². The third kappa shape index (κ3) is 6.06. The van der Waals surface area contributed by atoms with Gasteiger partial charge in [-0.3, -0.25) is 5.41 Å². The number of nitrogens with zero attached hydrogens (tertiary/aromatic N) is 2. The number of nitrogens with two attached hydrogens (primary N) is 1. The van der Waals surface area contributed by atoms with E-state index in [0.29, 0.717) is 0 Å². The maximum Gasteiger partial charge on any atom is 0.185 e. The van der Waals surface area contributed by atoms with E-state index in [0.717, 1.165) is 62.3 Å². The van der Waals surface area contributed by atoms with Crippen molar-refractivity contribution in [3.05, 3.63) is 64.7 Å². The third-order valence-electron chi connectivity index (χ3n) is 5.99. The highest BCUT2D eigenvalue weighted by Gasteiger charge is 2.26. The number of nitrogens with one attached hydrogen (secondary N) is 2. The van der Waals surface area contributed by atoms with E-state index in [9.17, 15) is 0 Å². The van der Waals surface area contributed by atoms with Crippen LogP contribution in [-0.4, -0.2) is 48.6 Å². The van der Waals surface area contributed by atoms with Gasteiger partial charge in [0.1, 0.15) is 11.1 Å². The monoisotopic (exact) mass is 451 g/mol. The summed E-state index contributed by atoms with van der Waals surface area (Å²) in [7, 11) is 2.18. The van der Waals surface area contributed by atoms with Crippen molar-refractivity contribution in [2.24, 2.45) is 5.73 Å². The molecule has 0 spiro atoms. The Kier molecular flexibility index (Phi) is 7.73. The highest BCUT2D eigenvalue weighted by atomic mass is 32.1. The van der Waals surface area contributed by atoms with E-state index >= 15 is 0 Å². The van der Waals surface area contributed by atoms with Crippen LogP contribution in [0.5, 0.6) is 0 Å². The first-order valence-corrected chi connectivity index (χ1v) is 12.3. The number of hydrogen-bond donors (Lipinski definition) is 3. The summed E-state index contributed by atoms with van der Waals surface area (Å²) in [6.45, 7) is 2.89. The zero-order chi connectivity index (χ0) is 22.3. The lowest BCUT2D eigenvalue weighted by molar-refractivity contribution is -0.0234. The quantitative estimate of drug-likeness (QED) is 0.256. The lowest BCUT2D eigenvalue weighted by Gasteiger charge is -2.31. The molecule has 2 heterocycles. The minimum atomic E-state index is -0.139. The lowest BCUT2D eigenvalue weighted by atomic mass is 10.0. The lowest BCUT2D eigenvalue weighted by Crippen LogP contribution is -2.35. The molecule has 6 nitrogen and oxygen atoms in total. The molecule has 1 aromatic heterocycles. The highest BCUT2D eigenvalue weighted by Crippen LogP contribution is 2.35. The van der Waals surface area contributed by atoms with E-state index in [1.807, 2.05) is 6.07 Å². The van der Waals surface area contributed by atoms with Gasteiger partial charge < -0.3 is 20.7 Å². The van der Waals surface area contributed by atoms with Crippen molar-refractivity contribution in [2.45, 2.75) is 44.3 Å². The maximum atomic E-state index is 7.25. The molecule has 1 saturated heterocycles. The molecule has 1 unspecified atom stereocenters. The van der Waals surface area contributed by atoms with Crippen LogP contribution >= 0.6 is 11.3 Å². The van der Waals surface area contributed by atoms with Gasteiger partial charge in [-0.1, -0.05) is 36.4 Å². The third-order valence-corrected chi connectivity index (χ3v) is 7.07. The molecule has 3 aromatic rings. The molecular weight excluding hydrogens is 418 g/mol. The molecule has 1 aliphatic heterocycles. The number of fused-ring (bicyclic) bond motifs is 1. The second kappa shape index (κ2) is 10.9. The van der Waals surface area contributed by atoms with Crippen LogP contribution in [0, 0.1) is 5.41 Å². The van der Waals surface area contributed by atoms with Crippen LogP contribution in [0.25, 0.3) is 10.2 Å². The Labute approximate surface area is 194 Å². The largest absolute Gasteiger partial charge is 0.370 e. The first-order chi connectivity index (χ1) is 15.6. The van der Waals surface area contributed by atoms with Gasteiger partial charge >= 0.3 is 0 Å². The van der Waals surface area contributed by atoms with Crippen molar-refractivity contribution in [2.75, 3.05) is 26.7 Å². The predicted molar refractivity (Wildman–Crippen MR) is 132 cm³/mol. The van der Waals surface area contributed by atoms with E-state index in [2.05, 4.69) is 59.7 Å². The van der Waals surface area contributed by atoms with E-state index in [1.165, 1.54) is 15.8 Å². The van der Waals surface area contributed by atoms with Gasteiger partial charge in [0.05, 0.1) is 16.3 Å². The second-order valence-corrected chi connectivity index (χ2v) is 9.64. The fraction of sp³-hybridized carbons (Fsp3) is 0.440. The van der Waals surface area contributed by atoms with Crippen LogP contribution in [-0.2, 0) is 11.2 Å². The number of aryl methyl sites for hydroxylation is 1. The van der Waals surface area contributed by atoms with E-state index in [-0.39, 0.29) is 18.2 Å². The van der Waals surface area contributed by atoms with Gasteiger partial charge in [0.25, 0.3) is 0 Å². The van der Waals surface area contributed by atoms with Gasteiger partial charge in [-0.25, -0.2) is 4.98 Å². The summed E-state index contributed by atoms with van der Waals surface area (Å²) in [6, 6.07) is 17.1. The van der Waals surface area contributed by atoms with Gasteiger partial charge in [0, 0.05) is 19.6 Å². The van der Waals surface area contributed by atoms with Crippen LogP contribution in [0.4, 0.5) is 0 Å². The SMILES string of the molecule is CN1CCC(OC(c2cccc(CCCCNC(=N)N)c2)c2nc3ccccc3s2)CC1. The van der Waals surface area contributed by atoms with Gasteiger partial charge in [0.2, 0.25) is 0 Å². The van der Waals surface area contributed by atoms with Crippen molar-refractivity contribution in [3.63, 3.8) is 0 Å². The topological polar surface area (TPSA) is 87.3 Å². The Bertz CT molecular complexity index is 995. The fourth-order valence-electron chi connectivity index (χ4n) is 4.18. The molecule has 1 fully saturated rings. The number of guanidine groups is 1. The first kappa shape index (κ1) is 22.7. The number of piperidine rings is 1. The van der Waals surface area contributed by atoms with Gasteiger partial charge in [-0.05, 0) is 62.4 Å². The molecule has 1 atom stereocenters. The first-order valence-electron chi connectivity index (χ1n) is 11.4. The van der Waals surface area contributed by atoms with Crippen molar-refractivity contribution >= 4 is 27.5 Å². The Hall–Kier alpha value is -2.48. The van der Waals surface area contributed by atoms with Gasteiger partial charge in [-0.15, -0.1) is 11.3 Å². The van der Waals surface area contributed by atoms with Crippen LogP contribution in [0.3, 0.4) is 0 Å². The molecule has 32 heavy (non-hydrogen) atoms. The highest BCUT2D eigenvalue weighted by molar-refractivity contribution is 7.18. The van der Waals surface area contributed by atoms with Crippen molar-refractivity contribution < 1.29 is 4.74 Å². The number of aromatic nitrogens is 1. The number of ether oxygens (including phenoxy) is 1. The average Bonchev–Trinajstić information content (AvgIpc) is 3.22. The molecule has 2 aromatic carbocycles. The smallest absolute Gasteiger partial charge is 0.185 e. The second-order valence-electron chi connectivity index (χ2n) is 8.58. The standard InChI is InChI=1S/C25H33N5OS/c1-30-15-12-20(13-16-30)31-23(24-29-21-10-2-3-11-22(21)32-24)19-9-6-8-18(17-19)7-4-5-14-28-25(26)27/h2-3,6,8-11,17,20,23H,4-5,7,12-16H2,1H3,(H4,26,27,28). The number of rotatable bonds is 9. The molecule has 0 radical (unpaired) electrons.